The van der Waals surface area contributed by atoms with Gasteiger partial charge < -0.3 is 10.8 Å². The molecule has 0 saturated heterocycles. The van der Waals surface area contributed by atoms with Gasteiger partial charge >= 0.3 is 0 Å². The van der Waals surface area contributed by atoms with Crippen LogP contribution in [-0.2, 0) is 6.42 Å². The Hall–Kier alpha value is -1.09. The van der Waals surface area contributed by atoms with Gasteiger partial charge in [-0.1, -0.05) is 19.9 Å². The predicted molar refractivity (Wildman–Crippen MR) is 69.6 cm³/mol. The fourth-order valence-electron chi connectivity index (χ4n) is 2.52. The molecule has 0 aromatic carbocycles. The third kappa shape index (κ3) is 2.97. The highest BCUT2D eigenvalue weighted by Gasteiger charge is 2.36. The molecule has 0 atom stereocenters. The van der Waals surface area contributed by atoms with Gasteiger partial charge in [-0.15, -0.1) is 0 Å². The van der Waals surface area contributed by atoms with E-state index in [9.17, 15) is 5.11 Å². The molecule has 0 amide bonds. The van der Waals surface area contributed by atoms with Gasteiger partial charge in [0, 0.05) is 12.6 Å². The summed E-state index contributed by atoms with van der Waals surface area (Å²) in [5.74, 6) is 0.547. The van der Waals surface area contributed by atoms with Crippen LogP contribution in [0.1, 0.15) is 45.1 Å². The third-order valence-electron chi connectivity index (χ3n) is 3.98. The van der Waals surface area contributed by atoms with Gasteiger partial charge in [-0.3, -0.25) is 0 Å². The molecular weight excluding hydrogens is 212 g/mol. The molecule has 1 heterocycles. The summed E-state index contributed by atoms with van der Waals surface area (Å²) in [5, 5.41) is 10.6. The molecule has 1 aliphatic carbocycles. The number of aromatic nitrogens is 1. The molecule has 0 bridgehead atoms. The van der Waals surface area contributed by atoms with Crippen LogP contribution in [0.3, 0.4) is 0 Å². The van der Waals surface area contributed by atoms with E-state index in [2.05, 4.69) is 18.8 Å². The van der Waals surface area contributed by atoms with Crippen LogP contribution in [0, 0.1) is 5.41 Å². The molecular formula is C14H22N2O. The van der Waals surface area contributed by atoms with Crippen molar-refractivity contribution in [2.75, 3.05) is 5.73 Å². The highest BCUT2D eigenvalue weighted by molar-refractivity contribution is 5.39. The SMILES string of the molecule is CC1(C)CCC(O)(Cc2cccnc2N)CC1. The second-order valence-electron chi connectivity index (χ2n) is 6.11. The van der Waals surface area contributed by atoms with Gasteiger partial charge in [0.15, 0.2) is 0 Å². The second-order valence-corrected chi connectivity index (χ2v) is 6.11. The fraction of sp³-hybridized carbons (Fsp3) is 0.643. The summed E-state index contributed by atoms with van der Waals surface area (Å²) in [7, 11) is 0. The predicted octanol–water partition coefficient (Wildman–Crippen LogP) is 2.54. The molecule has 1 aromatic heterocycles. The van der Waals surface area contributed by atoms with Crippen molar-refractivity contribution in [2.24, 2.45) is 5.41 Å². The number of nitrogens with zero attached hydrogens (tertiary/aromatic N) is 1. The Labute approximate surface area is 103 Å². The Balaban J connectivity index is 2.07. The smallest absolute Gasteiger partial charge is 0.126 e. The first-order valence-electron chi connectivity index (χ1n) is 6.32. The number of nitrogens with two attached hydrogens (primary N) is 1. The maximum absolute atomic E-state index is 10.6. The first-order chi connectivity index (χ1) is 7.90. The van der Waals surface area contributed by atoms with Crippen LogP contribution in [0.4, 0.5) is 5.82 Å². The molecule has 0 aliphatic heterocycles. The van der Waals surface area contributed by atoms with Crippen LogP contribution in [0.5, 0.6) is 0 Å². The summed E-state index contributed by atoms with van der Waals surface area (Å²) in [6.45, 7) is 4.54. The Morgan fingerprint density at radius 2 is 1.94 bits per heavy atom. The van der Waals surface area contributed by atoms with Crippen molar-refractivity contribution in [3.63, 3.8) is 0 Å². The van der Waals surface area contributed by atoms with Crippen molar-refractivity contribution in [1.29, 1.82) is 0 Å². The van der Waals surface area contributed by atoms with Gasteiger partial charge in [-0.05, 0) is 42.7 Å². The van der Waals surface area contributed by atoms with Gasteiger partial charge in [0.25, 0.3) is 0 Å². The number of rotatable bonds is 2. The largest absolute Gasteiger partial charge is 0.390 e. The van der Waals surface area contributed by atoms with Crippen LogP contribution < -0.4 is 5.73 Å². The van der Waals surface area contributed by atoms with E-state index in [1.807, 2.05) is 12.1 Å². The molecule has 1 fully saturated rings. The van der Waals surface area contributed by atoms with Gasteiger partial charge in [0.05, 0.1) is 5.60 Å². The molecule has 3 nitrogen and oxygen atoms in total. The maximum Gasteiger partial charge on any atom is 0.126 e. The van der Waals surface area contributed by atoms with Gasteiger partial charge in [0.1, 0.15) is 5.82 Å². The number of pyridine rings is 1. The monoisotopic (exact) mass is 234 g/mol. The number of nitrogen functional groups attached to an aromatic ring is 1. The zero-order valence-corrected chi connectivity index (χ0v) is 10.7. The molecule has 0 radical (unpaired) electrons. The number of aliphatic hydroxyl groups is 1. The van der Waals surface area contributed by atoms with E-state index in [1.54, 1.807) is 6.20 Å². The van der Waals surface area contributed by atoms with Crippen LogP contribution in [0.2, 0.25) is 0 Å². The molecule has 17 heavy (non-hydrogen) atoms. The molecule has 3 heteroatoms. The average molecular weight is 234 g/mol. The van der Waals surface area contributed by atoms with Crippen LogP contribution >= 0.6 is 0 Å². The first kappa shape index (κ1) is 12.4. The van der Waals surface area contributed by atoms with Crippen molar-refractivity contribution in [1.82, 2.24) is 4.98 Å². The lowest BCUT2D eigenvalue weighted by atomic mass is 9.69. The summed E-state index contributed by atoms with van der Waals surface area (Å²) in [5.41, 5.74) is 6.57. The van der Waals surface area contributed by atoms with E-state index in [0.29, 0.717) is 17.7 Å². The summed E-state index contributed by atoms with van der Waals surface area (Å²) < 4.78 is 0. The minimum atomic E-state index is -0.591. The van der Waals surface area contributed by atoms with Crippen LogP contribution in [-0.4, -0.2) is 15.7 Å². The number of anilines is 1. The lowest BCUT2D eigenvalue weighted by Crippen LogP contribution is -2.38. The zero-order chi connectivity index (χ0) is 12.5. The molecule has 0 unspecified atom stereocenters. The summed E-state index contributed by atoms with van der Waals surface area (Å²) in [6, 6.07) is 3.84. The quantitative estimate of drug-likeness (QED) is 0.826. The first-order valence-corrected chi connectivity index (χ1v) is 6.32. The standard InChI is InChI=1S/C14H22N2O/c1-13(2)5-7-14(17,8-6-13)10-11-4-3-9-16-12(11)15/h3-4,9,17H,5-8,10H2,1-2H3,(H2,15,16). The van der Waals surface area contributed by atoms with E-state index in [0.717, 1.165) is 31.2 Å². The Kier molecular flexibility index (Phi) is 3.13. The highest BCUT2D eigenvalue weighted by atomic mass is 16.3. The third-order valence-corrected chi connectivity index (χ3v) is 3.98. The van der Waals surface area contributed by atoms with E-state index in [1.165, 1.54) is 0 Å². The Morgan fingerprint density at radius 1 is 1.29 bits per heavy atom. The minimum absolute atomic E-state index is 0.368. The van der Waals surface area contributed by atoms with E-state index in [-0.39, 0.29) is 0 Å². The van der Waals surface area contributed by atoms with Crippen LogP contribution in [0.25, 0.3) is 0 Å². The van der Waals surface area contributed by atoms with E-state index >= 15 is 0 Å². The molecule has 1 aliphatic rings. The van der Waals surface area contributed by atoms with Crippen LogP contribution in [0.15, 0.2) is 18.3 Å². The minimum Gasteiger partial charge on any atom is -0.390 e. The number of hydrogen-bond donors (Lipinski definition) is 2. The Morgan fingerprint density at radius 3 is 2.53 bits per heavy atom. The molecule has 0 spiro atoms. The van der Waals surface area contributed by atoms with Crippen molar-refractivity contribution >= 4 is 5.82 Å². The topological polar surface area (TPSA) is 59.1 Å². The summed E-state index contributed by atoms with van der Waals surface area (Å²) in [6.07, 6.45) is 6.17. The van der Waals surface area contributed by atoms with Crippen molar-refractivity contribution < 1.29 is 5.11 Å². The van der Waals surface area contributed by atoms with Crippen molar-refractivity contribution in [3.05, 3.63) is 23.9 Å². The average Bonchev–Trinajstić information content (AvgIpc) is 2.27. The Bertz CT molecular complexity index is 391. The van der Waals surface area contributed by atoms with Crippen molar-refractivity contribution in [2.45, 2.75) is 51.6 Å². The van der Waals surface area contributed by atoms with Gasteiger partial charge in [-0.25, -0.2) is 4.98 Å². The van der Waals surface area contributed by atoms with Gasteiger partial charge in [0.2, 0.25) is 0 Å². The zero-order valence-electron chi connectivity index (χ0n) is 10.7. The molecule has 94 valence electrons. The molecule has 3 N–H and O–H groups in total. The maximum atomic E-state index is 10.6. The summed E-state index contributed by atoms with van der Waals surface area (Å²) >= 11 is 0. The van der Waals surface area contributed by atoms with Crippen molar-refractivity contribution in [3.8, 4) is 0 Å². The number of hydrogen-bond acceptors (Lipinski definition) is 3. The van der Waals surface area contributed by atoms with E-state index in [4.69, 9.17) is 5.73 Å². The lowest BCUT2D eigenvalue weighted by Gasteiger charge is -2.40. The lowest BCUT2D eigenvalue weighted by molar-refractivity contribution is -0.0250. The van der Waals surface area contributed by atoms with Gasteiger partial charge in [-0.2, -0.15) is 0 Å². The fourth-order valence-corrected chi connectivity index (χ4v) is 2.52. The normalized spacial score (nSPS) is 22.3. The molecule has 1 saturated carbocycles. The summed E-state index contributed by atoms with van der Waals surface area (Å²) in [4.78, 5) is 4.07. The highest BCUT2D eigenvalue weighted by Crippen LogP contribution is 2.41. The second kappa shape index (κ2) is 4.30. The van der Waals surface area contributed by atoms with E-state index < -0.39 is 5.60 Å². The molecule has 1 aromatic rings. The molecule has 2 rings (SSSR count).